The van der Waals surface area contributed by atoms with Crippen molar-refractivity contribution < 1.29 is 9.32 Å². The molecule has 0 unspecified atom stereocenters. The molecule has 0 atom stereocenters. The van der Waals surface area contributed by atoms with Crippen molar-refractivity contribution in [2.24, 2.45) is 5.92 Å². The van der Waals surface area contributed by atoms with Gasteiger partial charge in [-0.2, -0.15) is 4.98 Å². The molecule has 0 aliphatic heterocycles. The first-order valence-electron chi connectivity index (χ1n) is 7.27. The zero-order valence-electron chi connectivity index (χ0n) is 12.0. The molecule has 0 saturated heterocycles. The normalized spacial score (nSPS) is 22.0. The van der Waals surface area contributed by atoms with E-state index in [4.69, 9.17) is 4.52 Å². The molecule has 2 aromatic heterocycles. The van der Waals surface area contributed by atoms with Gasteiger partial charge >= 0.3 is 11.8 Å². The zero-order chi connectivity index (χ0) is 14.7. The van der Waals surface area contributed by atoms with Gasteiger partial charge in [0, 0.05) is 24.0 Å². The molecule has 1 aliphatic rings. The van der Waals surface area contributed by atoms with Crippen LogP contribution < -0.4 is 5.32 Å². The van der Waals surface area contributed by atoms with E-state index in [9.17, 15) is 4.79 Å². The van der Waals surface area contributed by atoms with Crippen LogP contribution in [0, 0.1) is 5.92 Å². The van der Waals surface area contributed by atoms with Gasteiger partial charge in [-0.15, -0.1) is 0 Å². The van der Waals surface area contributed by atoms with E-state index in [0.29, 0.717) is 5.82 Å². The molecular formula is C15H18N4O2. The van der Waals surface area contributed by atoms with E-state index in [1.165, 1.54) is 0 Å². The van der Waals surface area contributed by atoms with Crippen LogP contribution in [0.3, 0.4) is 0 Å². The Morgan fingerprint density at radius 2 is 2.14 bits per heavy atom. The third-order valence-electron chi connectivity index (χ3n) is 3.89. The molecule has 0 spiro atoms. The highest BCUT2D eigenvalue weighted by Gasteiger charge is 2.23. The lowest BCUT2D eigenvalue weighted by Crippen LogP contribution is -2.37. The lowest BCUT2D eigenvalue weighted by molar-refractivity contribution is 0.0878. The van der Waals surface area contributed by atoms with Crippen molar-refractivity contribution >= 4 is 5.91 Å². The predicted molar refractivity (Wildman–Crippen MR) is 76.4 cm³/mol. The van der Waals surface area contributed by atoms with Gasteiger partial charge in [-0.3, -0.25) is 9.78 Å². The second-order valence-corrected chi connectivity index (χ2v) is 5.60. The molecule has 110 valence electrons. The van der Waals surface area contributed by atoms with Gasteiger partial charge < -0.3 is 9.84 Å². The van der Waals surface area contributed by atoms with Crippen LogP contribution in [0.4, 0.5) is 0 Å². The molecular weight excluding hydrogens is 268 g/mol. The Bertz CT molecular complexity index is 603. The van der Waals surface area contributed by atoms with Crippen molar-refractivity contribution in [3.63, 3.8) is 0 Å². The molecule has 6 nitrogen and oxygen atoms in total. The largest absolute Gasteiger partial charge is 0.345 e. The van der Waals surface area contributed by atoms with Crippen molar-refractivity contribution in [1.82, 2.24) is 20.4 Å². The zero-order valence-corrected chi connectivity index (χ0v) is 12.0. The quantitative estimate of drug-likeness (QED) is 0.937. The highest BCUT2D eigenvalue weighted by molar-refractivity contribution is 5.90. The number of carbonyl (C=O) groups is 1. The number of amides is 1. The number of hydrogen-bond acceptors (Lipinski definition) is 5. The highest BCUT2D eigenvalue weighted by atomic mass is 16.5. The molecule has 1 amide bonds. The molecule has 0 bridgehead atoms. The first-order valence-corrected chi connectivity index (χ1v) is 7.27. The van der Waals surface area contributed by atoms with Gasteiger partial charge in [0.15, 0.2) is 0 Å². The molecule has 2 heterocycles. The first kappa shape index (κ1) is 13.7. The lowest BCUT2D eigenvalue weighted by Gasteiger charge is -2.26. The fourth-order valence-electron chi connectivity index (χ4n) is 2.58. The van der Waals surface area contributed by atoms with Crippen LogP contribution in [0.2, 0.25) is 0 Å². The summed E-state index contributed by atoms with van der Waals surface area (Å²) in [5.74, 6) is 0.842. The van der Waals surface area contributed by atoms with E-state index in [2.05, 4.69) is 27.4 Å². The fourth-order valence-corrected chi connectivity index (χ4v) is 2.58. The maximum absolute atomic E-state index is 12.1. The van der Waals surface area contributed by atoms with Crippen molar-refractivity contribution in [2.75, 3.05) is 0 Å². The molecule has 1 N–H and O–H groups in total. The summed E-state index contributed by atoms with van der Waals surface area (Å²) in [5, 5.41) is 6.80. The Morgan fingerprint density at radius 1 is 1.33 bits per heavy atom. The van der Waals surface area contributed by atoms with E-state index in [1.54, 1.807) is 18.5 Å². The van der Waals surface area contributed by atoms with Crippen LogP contribution >= 0.6 is 0 Å². The summed E-state index contributed by atoms with van der Waals surface area (Å²) >= 11 is 0. The van der Waals surface area contributed by atoms with Crippen molar-refractivity contribution in [2.45, 2.75) is 38.6 Å². The van der Waals surface area contributed by atoms with Gasteiger partial charge in [-0.1, -0.05) is 12.1 Å². The predicted octanol–water partition coefficient (Wildman–Crippen LogP) is 2.44. The van der Waals surface area contributed by atoms with Gasteiger partial charge in [0.2, 0.25) is 5.82 Å². The Kier molecular flexibility index (Phi) is 3.94. The molecule has 0 aromatic carbocycles. The van der Waals surface area contributed by atoms with Crippen LogP contribution in [0.5, 0.6) is 0 Å². The van der Waals surface area contributed by atoms with Crippen LogP contribution in [0.1, 0.15) is 43.3 Å². The Hall–Kier alpha value is -2.24. The molecule has 2 aromatic rings. The molecule has 3 rings (SSSR count). The number of nitrogens with zero attached hydrogens (tertiary/aromatic N) is 3. The average Bonchev–Trinajstić information content (AvgIpc) is 3.00. The highest BCUT2D eigenvalue weighted by Crippen LogP contribution is 2.23. The van der Waals surface area contributed by atoms with Crippen LogP contribution in [0.25, 0.3) is 11.4 Å². The number of carbonyl (C=O) groups excluding carboxylic acids is 1. The van der Waals surface area contributed by atoms with E-state index in [1.807, 2.05) is 6.07 Å². The average molecular weight is 286 g/mol. The summed E-state index contributed by atoms with van der Waals surface area (Å²) in [5.41, 5.74) is 0.729. The van der Waals surface area contributed by atoms with Crippen molar-refractivity contribution in [1.29, 1.82) is 0 Å². The Labute approximate surface area is 123 Å². The number of rotatable bonds is 3. The first-order chi connectivity index (χ1) is 10.2. The van der Waals surface area contributed by atoms with Gasteiger partial charge in [-0.25, -0.2) is 0 Å². The molecule has 1 saturated carbocycles. The van der Waals surface area contributed by atoms with Crippen LogP contribution in [0.15, 0.2) is 29.0 Å². The number of aromatic nitrogens is 3. The van der Waals surface area contributed by atoms with Crippen molar-refractivity contribution in [3.05, 3.63) is 30.4 Å². The van der Waals surface area contributed by atoms with Gasteiger partial charge in [0.25, 0.3) is 0 Å². The van der Waals surface area contributed by atoms with Gasteiger partial charge in [-0.05, 0) is 43.7 Å². The van der Waals surface area contributed by atoms with Crippen molar-refractivity contribution in [3.8, 4) is 11.4 Å². The molecule has 21 heavy (non-hydrogen) atoms. The molecule has 1 aliphatic carbocycles. The maximum Gasteiger partial charge on any atom is 0.316 e. The summed E-state index contributed by atoms with van der Waals surface area (Å²) in [4.78, 5) is 20.2. The topological polar surface area (TPSA) is 80.9 Å². The smallest absolute Gasteiger partial charge is 0.316 e. The Balaban J connectivity index is 1.64. The second-order valence-electron chi connectivity index (χ2n) is 5.60. The van der Waals surface area contributed by atoms with Gasteiger partial charge in [0.05, 0.1) is 0 Å². The lowest BCUT2D eigenvalue weighted by atomic mass is 9.87. The summed E-state index contributed by atoms with van der Waals surface area (Å²) in [6.07, 6.45) is 7.62. The number of hydrogen-bond donors (Lipinski definition) is 1. The van der Waals surface area contributed by atoms with E-state index in [-0.39, 0.29) is 17.8 Å². The SMILES string of the molecule is CC1CCC(NC(=O)c2nc(-c3cccnc3)no2)CC1. The fraction of sp³-hybridized carbons (Fsp3) is 0.467. The third-order valence-corrected chi connectivity index (χ3v) is 3.89. The monoisotopic (exact) mass is 286 g/mol. The second kappa shape index (κ2) is 6.03. The van der Waals surface area contributed by atoms with E-state index in [0.717, 1.165) is 37.2 Å². The summed E-state index contributed by atoms with van der Waals surface area (Å²) < 4.78 is 5.04. The molecule has 6 heteroatoms. The maximum atomic E-state index is 12.1. The summed E-state index contributed by atoms with van der Waals surface area (Å²) in [6.45, 7) is 2.25. The van der Waals surface area contributed by atoms with E-state index < -0.39 is 0 Å². The number of nitrogens with one attached hydrogen (secondary N) is 1. The van der Waals surface area contributed by atoms with Gasteiger partial charge in [0.1, 0.15) is 0 Å². The van der Waals surface area contributed by atoms with Crippen LogP contribution in [-0.2, 0) is 0 Å². The number of pyridine rings is 1. The Morgan fingerprint density at radius 3 is 2.86 bits per heavy atom. The standard InChI is InChI=1S/C15H18N4O2/c1-10-4-6-12(7-5-10)17-14(20)15-18-13(19-21-15)11-3-2-8-16-9-11/h2-3,8-10,12H,4-7H2,1H3,(H,17,20). The minimum absolute atomic E-state index is 0.00692. The van der Waals surface area contributed by atoms with Crippen LogP contribution in [-0.4, -0.2) is 27.1 Å². The third kappa shape index (κ3) is 3.26. The summed E-state index contributed by atoms with van der Waals surface area (Å²) in [6, 6.07) is 3.82. The minimum Gasteiger partial charge on any atom is -0.345 e. The molecule has 1 fully saturated rings. The molecule has 0 radical (unpaired) electrons. The van der Waals surface area contributed by atoms with E-state index >= 15 is 0 Å². The minimum atomic E-state index is -0.294. The summed E-state index contributed by atoms with van der Waals surface area (Å²) in [7, 11) is 0.